The van der Waals surface area contributed by atoms with Crippen LogP contribution in [-0.4, -0.2) is 67.1 Å². The highest BCUT2D eigenvalue weighted by molar-refractivity contribution is 8.16. The van der Waals surface area contributed by atoms with Gasteiger partial charge in [-0.25, -0.2) is 13.2 Å². The maximum Gasteiger partial charge on any atom is 0.408 e. The van der Waals surface area contributed by atoms with E-state index in [9.17, 15) is 18.0 Å². The number of alkyl carbamates (subject to hydrolysis) is 1. The molecule has 2 saturated heterocycles. The van der Waals surface area contributed by atoms with Gasteiger partial charge < -0.3 is 19.7 Å². The first-order chi connectivity index (χ1) is 17.4. The standard InChI is InChI=1S/C26H31N3O6S2/c1-26(2,3)35-25(31)27-20(14-17-8-6-5-7-9-17)23(30)28-24-29(18-10-12-19(34-4)13-11-18)21-15-37(32,33)16-22(21)36-24/h5-13,20-22H,14-16H2,1-4H3,(H,27,31)/t20-,21+,22-/m0/s1. The van der Waals surface area contributed by atoms with E-state index >= 15 is 0 Å². The molecule has 0 radical (unpaired) electrons. The maximum absolute atomic E-state index is 13.5. The molecule has 0 unspecified atom stereocenters. The van der Waals surface area contributed by atoms with Crippen LogP contribution in [0.2, 0.25) is 0 Å². The molecule has 2 aromatic rings. The third-order valence-electron chi connectivity index (χ3n) is 5.89. The van der Waals surface area contributed by atoms with Crippen molar-refractivity contribution in [2.45, 2.75) is 50.1 Å². The fourth-order valence-electron chi connectivity index (χ4n) is 4.28. The fourth-order valence-corrected chi connectivity index (χ4v) is 8.20. The van der Waals surface area contributed by atoms with Crippen LogP contribution in [0.1, 0.15) is 26.3 Å². The zero-order chi connectivity index (χ0) is 26.8. The average molecular weight is 546 g/mol. The van der Waals surface area contributed by atoms with E-state index in [1.807, 2.05) is 47.4 Å². The van der Waals surface area contributed by atoms with Gasteiger partial charge in [0.2, 0.25) is 0 Å². The Hall–Kier alpha value is -3.05. The summed E-state index contributed by atoms with van der Waals surface area (Å²) in [6.07, 6.45) is -0.486. The van der Waals surface area contributed by atoms with Crippen LogP contribution in [0.5, 0.6) is 5.75 Å². The van der Waals surface area contributed by atoms with Gasteiger partial charge in [-0.15, -0.1) is 0 Å². The second kappa shape index (κ2) is 10.7. The number of fused-ring (bicyclic) bond motifs is 1. The van der Waals surface area contributed by atoms with Crippen molar-refractivity contribution < 1.29 is 27.5 Å². The first kappa shape index (κ1) is 27.0. The van der Waals surface area contributed by atoms with Crippen molar-refractivity contribution in [3.8, 4) is 5.75 Å². The predicted octanol–water partition coefficient (Wildman–Crippen LogP) is 3.43. The molecule has 2 aromatic carbocycles. The number of nitrogens with one attached hydrogen (secondary N) is 1. The number of hydrogen-bond donors (Lipinski definition) is 1. The van der Waals surface area contributed by atoms with Crippen LogP contribution in [-0.2, 0) is 25.8 Å². The lowest BCUT2D eigenvalue weighted by Gasteiger charge is -2.25. The molecule has 9 nitrogen and oxygen atoms in total. The molecule has 0 saturated carbocycles. The lowest BCUT2D eigenvalue weighted by Crippen LogP contribution is -2.45. The van der Waals surface area contributed by atoms with Gasteiger partial charge in [0.1, 0.15) is 17.4 Å². The summed E-state index contributed by atoms with van der Waals surface area (Å²) in [5, 5.41) is 2.83. The summed E-state index contributed by atoms with van der Waals surface area (Å²) in [6, 6.07) is 15.2. The monoisotopic (exact) mass is 545 g/mol. The number of carbonyl (C=O) groups is 2. The molecular formula is C26H31N3O6S2. The topological polar surface area (TPSA) is 114 Å². The molecule has 2 amide bonds. The molecule has 2 heterocycles. The summed E-state index contributed by atoms with van der Waals surface area (Å²) < 4.78 is 35.4. The number of aliphatic imine (C=N–C) groups is 1. The number of methoxy groups -OCH3 is 1. The van der Waals surface area contributed by atoms with Crippen molar-refractivity contribution in [3.63, 3.8) is 0 Å². The average Bonchev–Trinajstić information content (AvgIpc) is 3.28. The van der Waals surface area contributed by atoms with Crippen molar-refractivity contribution in [2.24, 2.45) is 4.99 Å². The second-order valence-electron chi connectivity index (χ2n) is 9.99. The van der Waals surface area contributed by atoms with Gasteiger partial charge in [0.25, 0.3) is 5.91 Å². The Bertz CT molecular complexity index is 1270. The van der Waals surface area contributed by atoms with Crippen molar-refractivity contribution in [1.82, 2.24) is 5.32 Å². The Labute approximate surface area is 221 Å². The number of rotatable bonds is 6. The molecular weight excluding hydrogens is 514 g/mol. The van der Waals surface area contributed by atoms with Crippen LogP contribution in [0.15, 0.2) is 59.6 Å². The van der Waals surface area contributed by atoms with E-state index in [0.717, 1.165) is 5.56 Å². The molecule has 4 rings (SSSR count). The van der Waals surface area contributed by atoms with Crippen LogP contribution in [0.3, 0.4) is 0 Å². The number of thioether (sulfide) groups is 1. The van der Waals surface area contributed by atoms with Gasteiger partial charge in [0.05, 0.1) is 24.7 Å². The summed E-state index contributed by atoms with van der Waals surface area (Å²) in [4.78, 5) is 32.3. The molecule has 37 heavy (non-hydrogen) atoms. The predicted molar refractivity (Wildman–Crippen MR) is 145 cm³/mol. The van der Waals surface area contributed by atoms with Gasteiger partial charge in [0, 0.05) is 17.4 Å². The van der Waals surface area contributed by atoms with Crippen LogP contribution in [0.4, 0.5) is 10.5 Å². The second-order valence-corrected chi connectivity index (χ2v) is 13.3. The number of carbonyl (C=O) groups excluding carboxylic acids is 2. The normalized spacial score (nSPS) is 22.4. The number of anilines is 1. The Balaban J connectivity index is 1.64. The van der Waals surface area contributed by atoms with E-state index in [0.29, 0.717) is 16.6 Å². The summed E-state index contributed by atoms with van der Waals surface area (Å²) >= 11 is 1.28. The summed E-state index contributed by atoms with van der Waals surface area (Å²) in [5.74, 6) is 0.114. The first-order valence-corrected chi connectivity index (χ1v) is 14.6. The van der Waals surface area contributed by atoms with Crippen LogP contribution in [0.25, 0.3) is 0 Å². The highest BCUT2D eigenvalue weighted by Gasteiger charge is 2.49. The highest BCUT2D eigenvalue weighted by Crippen LogP contribution is 2.41. The summed E-state index contributed by atoms with van der Waals surface area (Å²) in [6.45, 7) is 5.24. The van der Waals surface area contributed by atoms with E-state index in [1.165, 1.54) is 11.8 Å². The van der Waals surface area contributed by atoms with Crippen molar-refractivity contribution in [3.05, 3.63) is 60.2 Å². The van der Waals surface area contributed by atoms with Crippen LogP contribution < -0.4 is 15.0 Å². The van der Waals surface area contributed by atoms with Crippen LogP contribution in [0, 0.1) is 0 Å². The van der Waals surface area contributed by atoms with Gasteiger partial charge in [-0.1, -0.05) is 42.1 Å². The van der Waals surface area contributed by atoms with Gasteiger partial charge in [-0.2, -0.15) is 4.99 Å². The number of benzene rings is 2. The van der Waals surface area contributed by atoms with E-state index in [4.69, 9.17) is 9.47 Å². The number of sulfone groups is 1. The van der Waals surface area contributed by atoms with E-state index < -0.39 is 33.5 Å². The lowest BCUT2D eigenvalue weighted by molar-refractivity contribution is -0.119. The summed E-state index contributed by atoms with van der Waals surface area (Å²) in [5.41, 5.74) is 0.835. The number of amidine groups is 1. The van der Waals surface area contributed by atoms with E-state index in [1.54, 1.807) is 40.0 Å². The Kier molecular flexibility index (Phi) is 7.84. The van der Waals surface area contributed by atoms with Gasteiger partial charge >= 0.3 is 6.09 Å². The fraction of sp³-hybridized carbons (Fsp3) is 0.423. The smallest absolute Gasteiger partial charge is 0.408 e. The minimum Gasteiger partial charge on any atom is -0.497 e. The molecule has 11 heteroatoms. The Morgan fingerprint density at radius 3 is 2.41 bits per heavy atom. The van der Waals surface area contributed by atoms with E-state index in [-0.39, 0.29) is 29.2 Å². The molecule has 2 aliphatic heterocycles. The number of ether oxygens (including phenoxy) is 2. The molecule has 3 atom stereocenters. The largest absolute Gasteiger partial charge is 0.497 e. The quantitative estimate of drug-likeness (QED) is 0.587. The molecule has 2 fully saturated rings. The number of nitrogens with zero attached hydrogens (tertiary/aromatic N) is 2. The molecule has 0 aromatic heterocycles. The maximum atomic E-state index is 13.5. The van der Waals surface area contributed by atoms with Crippen LogP contribution >= 0.6 is 11.8 Å². The highest BCUT2D eigenvalue weighted by atomic mass is 32.2. The Morgan fingerprint density at radius 2 is 1.78 bits per heavy atom. The first-order valence-electron chi connectivity index (χ1n) is 11.9. The SMILES string of the molecule is COc1ccc(N2C(=NC(=O)[C@H](Cc3ccccc3)NC(=O)OC(C)(C)C)S[C@H]3CS(=O)(=O)C[C@H]32)cc1. The molecule has 0 spiro atoms. The third-order valence-corrected chi connectivity index (χ3v) is 9.10. The molecule has 0 bridgehead atoms. The van der Waals surface area contributed by atoms with Gasteiger partial charge in [-0.3, -0.25) is 4.79 Å². The molecule has 2 aliphatic rings. The lowest BCUT2D eigenvalue weighted by atomic mass is 10.1. The van der Waals surface area contributed by atoms with Crippen molar-refractivity contribution in [2.75, 3.05) is 23.5 Å². The Morgan fingerprint density at radius 1 is 1.11 bits per heavy atom. The number of amides is 2. The van der Waals surface area contributed by atoms with Crippen molar-refractivity contribution in [1.29, 1.82) is 0 Å². The zero-order valence-electron chi connectivity index (χ0n) is 21.2. The zero-order valence-corrected chi connectivity index (χ0v) is 22.8. The molecule has 1 N–H and O–H groups in total. The number of hydrogen-bond acceptors (Lipinski definition) is 7. The summed E-state index contributed by atoms with van der Waals surface area (Å²) in [7, 11) is -1.64. The van der Waals surface area contributed by atoms with Gasteiger partial charge in [0.15, 0.2) is 15.0 Å². The minimum atomic E-state index is -3.20. The van der Waals surface area contributed by atoms with E-state index in [2.05, 4.69) is 10.3 Å². The van der Waals surface area contributed by atoms with Crippen molar-refractivity contribution >= 4 is 44.5 Å². The minimum absolute atomic E-state index is 0.0196. The molecule has 198 valence electrons. The van der Waals surface area contributed by atoms with Gasteiger partial charge in [-0.05, 0) is 50.6 Å². The molecule has 0 aliphatic carbocycles. The third kappa shape index (κ3) is 6.84.